The molecule has 2 heteroatoms. The number of nitrogens with one attached hydrogen (secondary N) is 1. The minimum Gasteiger partial charge on any atom is -0.359 e. The summed E-state index contributed by atoms with van der Waals surface area (Å²) in [5.41, 5.74) is 0. The van der Waals surface area contributed by atoms with E-state index in [0.29, 0.717) is 11.8 Å². The highest BCUT2D eigenvalue weighted by Gasteiger charge is 2.31. The van der Waals surface area contributed by atoms with E-state index in [1.165, 1.54) is 6.42 Å². The summed E-state index contributed by atoms with van der Waals surface area (Å²) in [6, 6.07) is 0. The topological polar surface area (TPSA) is 29.1 Å². The summed E-state index contributed by atoms with van der Waals surface area (Å²) in [6.45, 7) is 6.01. The molecule has 0 heterocycles. The fourth-order valence-electron chi connectivity index (χ4n) is 2.17. The molecule has 1 saturated carbocycles. The molecule has 1 aliphatic rings. The molecule has 1 rings (SSSR count). The van der Waals surface area contributed by atoms with Gasteiger partial charge in [0.25, 0.3) is 0 Å². The van der Waals surface area contributed by atoms with Crippen molar-refractivity contribution in [1.29, 1.82) is 0 Å². The Morgan fingerprint density at radius 1 is 1.54 bits per heavy atom. The molecule has 0 aromatic carbocycles. The van der Waals surface area contributed by atoms with Crippen molar-refractivity contribution in [3.8, 4) is 0 Å². The maximum atomic E-state index is 11.5. The lowest BCUT2D eigenvalue weighted by Crippen LogP contribution is -2.35. The molecule has 1 aliphatic carbocycles. The van der Waals surface area contributed by atoms with Crippen LogP contribution in [0.25, 0.3) is 0 Å². The normalized spacial score (nSPS) is 33.8. The molecule has 1 N–H and O–H groups in total. The predicted molar refractivity (Wildman–Crippen MR) is 54.3 cm³/mol. The molecule has 74 valence electrons. The van der Waals surface area contributed by atoms with Crippen LogP contribution in [-0.4, -0.2) is 13.0 Å². The summed E-state index contributed by atoms with van der Waals surface area (Å²) < 4.78 is 0. The molecule has 0 bridgehead atoms. The largest absolute Gasteiger partial charge is 0.359 e. The minimum atomic E-state index is 0.159. The van der Waals surface area contributed by atoms with E-state index in [-0.39, 0.29) is 11.8 Å². The number of rotatable bonds is 2. The Morgan fingerprint density at radius 2 is 2.23 bits per heavy atom. The Bertz CT molecular complexity index is 200. The average molecular weight is 181 g/mol. The first-order valence-corrected chi connectivity index (χ1v) is 5.03. The first kappa shape index (κ1) is 10.3. The number of carbonyl (C=O) groups is 1. The molecule has 0 aliphatic heterocycles. The monoisotopic (exact) mass is 181 g/mol. The van der Waals surface area contributed by atoms with Crippen molar-refractivity contribution in [3.63, 3.8) is 0 Å². The first-order chi connectivity index (χ1) is 6.19. The molecule has 0 radical (unpaired) electrons. The molecule has 0 aromatic heterocycles. The fourth-order valence-corrected chi connectivity index (χ4v) is 2.17. The van der Waals surface area contributed by atoms with E-state index in [9.17, 15) is 4.79 Å². The summed E-state index contributed by atoms with van der Waals surface area (Å²) in [5.74, 6) is 1.40. The van der Waals surface area contributed by atoms with Crippen LogP contribution in [0.3, 0.4) is 0 Å². The van der Waals surface area contributed by atoms with Gasteiger partial charge in [-0.25, -0.2) is 0 Å². The quantitative estimate of drug-likeness (QED) is 0.648. The van der Waals surface area contributed by atoms with E-state index in [1.807, 2.05) is 6.08 Å². The fraction of sp³-hybridized carbons (Fsp3) is 0.727. The van der Waals surface area contributed by atoms with E-state index in [1.54, 1.807) is 7.05 Å². The van der Waals surface area contributed by atoms with Crippen LogP contribution in [0.2, 0.25) is 0 Å². The maximum absolute atomic E-state index is 11.5. The average Bonchev–Trinajstić information content (AvgIpc) is 2.16. The molecule has 13 heavy (non-hydrogen) atoms. The van der Waals surface area contributed by atoms with E-state index in [0.717, 1.165) is 12.8 Å². The van der Waals surface area contributed by atoms with Gasteiger partial charge in [0.15, 0.2) is 0 Å². The Balaban J connectivity index is 2.64. The van der Waals surface area contributed by atoms with E-state index >= 15 is 0 Å². The third-order valence-electron chi connectivity index (χ3n) is 3.05. The van der Waals surface area contributed by atoms with Crippen molar-refractivity contribution < 1.29 is 4.79 Å². The zero-order valence-electron chi connectivity index (χ0n) is 8.55. The van der Waals surface area contributed by atoms with Crippen molar-refractivity contribution in [2.75, 3.05) is 7.05 Å². The summed E-state index contributed by atoms with van der Waals surface area (Å²) in [4.78, 5) is 11.5. The van der Waals surface area contributed by atoms with Gasteiger partial charge in [-0.2, -0.15) is 0 Å². The second-order valence-corrected chi connectivity index (χ2v) is 4.04. The molecule has 2 nitrogen and oxygen atoms in total. The SMILES string of the molecule is C=CC1CCC(C)CC1C(=O)NC. The van der Waals surface area contributed by atoms with Gasteiger partial charge >= 0.3 is 0 Å². The molecule has 0 aromatic rings. The van der Waals surface area contributed by atoms with E-state index in [2.05, 4.69) is 18.8 Å². The maximum Gasteiger partial charge on any atom is 0.223 e. The van der Waals surface area contributed by atoms with Crippen molar-refractivity contribution in [1.82, 2.24) is 5.32 Å². The number of amides is 1. The van der Waals surface area contributed by atoms with Crippen LogP contribution in [-0.2, 0) is 4.79 Å². The van der Waals surface area contributed by atoms with Gasteiger partial charge in [0.05, 0.1) is 0 Å². The zero-order valence-corrected chi connectivity index (χ0v) is 8.55. The first-order valence-electron chi connectivity index (χ1n) is 5.03. The molecule has 3 unspecified atom stereocenters. The van der Waals surface area contributed by atoms with Gasteiger partial charge in [0.1, 0.15) is 0 Å². The number of allylic oxidation sites excluding steroid dienone is 1. The van der Waals surface area contributed by atoms with Crippen LogP contribution in [0.4, 0.5) is 0 Å². The zero-order chi connectivity index (χ0) is 9.84. The van der Waals surface area contributed by atoms with Crippen molar-refractivity contribution in [3.05, 3.63) is 12.7 Å². The summed E-state index contributed by atoms with van der Waals surface area (Å²) in [6.07, 6.45) is 5.29. The lowest BCUT2D eigenvalue weighted by Gasteiger charge is -2.31. The number of hydrogen-bond donors (Lipinski definition) is 1. The molecule has 1 amide bonds. The van der Waals surface area contributed by atoms with Gasteiger partial charge in [-0.1, -0.05) is 19.4 Å². The van der Waals surface area contributed by atoms with Crippen LogP contribution in [0.1, 0.15) is 26.2 Å². The molecule has 1 fully saturated rings. The summed E-state index contributed by atoms with van der Waals surface area (Å²) >= 11 is 0. The minimum absolute atomic E-state index is 0.159. The van der Waals surface area contributed by atoms with E-state index in [4.69, 9.17) is 0 Å². The number of carbonyl (C=O) groups excluding carboxylic acids is 1. The van der Waals surface area contributed by atoms with Gasteiger partial charge in [0.2, 0.25) is 5.91 Å². The molecular weight excluding hydrogens is 162 g/mol. The van der Waals surface area contributed by atoms with Crippen LogP contribution < -0.4 is 5.32 Å². The van der Waals surface area contributed by atoms with Crippen LogP contribution in [0, 0.1) is 17.8 Å². The second-order valence-electron chi connectivity index (χ2n) is 4.04. The van der Waals surface area contributed by atoms with Crippen LogP contribution in [0.5, 0.6) is 0 Å². The lowest BCUT2D eigenvalue weighted by molar-refractivity contribution is -0.127. The van der Waals surface area contributed by atoms with Gasteiger partial charge in [-0.05, 0) is 24.7 Å². The molecule has 3 atom stereocenters. The molecule has 0 saturated heterocycles. The van der Waals surface area contributed by atoms with Crippen molar-refractivity contribution in [2.24, 2.45) is 17.8 Å². The smallest absolute Gasteiger partial charge is 0.223 e. The van der Waals surface area contributed by atoms with Crippen molar-refractivity contribution in [2.45, 2.75) is 26.2 Å². The highest BCUT2D eigenvalue weighted by Crippen LogP contribution is 2.34. The third-order valence-corrected chi connectivity index (χ3v) is 3.05. The van der Waals surface area contributed by atoms with Crippen LogP contribution >= 0.6 is 0 Å². The Labute approximate surface area is 80.4 Å². The van der Waals surface area contributed by atoms with Crippen molar-refractivity contribution >= 4 is 5.91 Å². The van der Waals surface area contributed by atoms with Gasteiger partial charge in [-0.3, -0.25) is 4.79 Å². The lowest BCUT2D eigenvalue weighted by atomic mass is 9.74. The summed E-state index contributed by atoms with van der Waals surface area (Å²) in [7, 11) is 1.71. The summed E-state index contributed by atoms with van der Waals surface area (Å²) in [5, 5.41) is 2.73. The Morgan fingerprint density at radius 3 is 2.77 bits per heavy atom. The Kier molecular flexibility index (Phi) is 3.52. The molecule has 0 spiro atoms. The second kappa shape index (κ2) is 4.45. The van der Waals surface area contributed by atoms with Gasteiger partial charge in [0, 0.05) is 13.0 Å². The standard InChI is InChI=1S/C11H19NO/c1-4-9-6-5-8(2)7-10(9)11(13)12-3/h4,8-10H,1,5-7H2,2-3H3,(H,12,13). The predicted octanol–water partition coefficient (Wildman–Crippen LogP) is 1.97. The Hall–Kier alpha value is -0.790. The molecular formula is C11H19NO. The highest BCUT2D eigenvalue weighted by atomic mass is 16.1. The van der Waals surface area contributed by atoms with Gasteiger partial charge < -0.3 is 5.32 Å². The van der Waals surface area contributed by atoms with Gasteiger partial charge in [-0.15, -0.1) is 6.58 Å². The van der Waals surface area contributed by atoms with Crippen LogP contribution in [0.15, 0.2) is 12.7 Å². The van der Waals surface area contributed by atoms with E-state index < -0.39 is 0 Å². The third kappa shape index (κ3) is 2.33. The number of hydrogen-bond acceptors (Lipinski definition) is 1. The highest BCUT2D eigenvalue weighted by molar-refractivity contribution is 5.79.